The van der Waals surface area contributed by atoms with Gasteiger partial charge in [-0.1, -0.05) is 39.5 Å². The second-order valence-corrected chi connectivity index (χ2v) is 9.93. The Morgan fingerprint density at radius 2 is 1.03 bits per heavy atom. The Morgan fingerprint density at radius 3 is 1.39 bits per heavy atom. The van der Waals surface area contributed by atoms with E-state index in [1.165, 1.54) is 12.2 Å². The van der Waals surface area contributed by atoms with Crippen molar-refractivity contribution in [1.82, 2.24) is 9.80 Å². The summed E-state index contributed by atoms with van der Waals surface area (Å²) in [7, 11) is 0. The predicted octanol–water partition coefficient (Wildman–Crippen LogP) is 3.97. The van der Waals surface area contributed by atoms with Gasteiger partial charge in [-0.3, -0.25) is 9.80 Å². The molecule has 2 rings (SSSR count). The monoisotopic (exact) mass is 510 g/mol. The van der Waals surface area contributed by atoms with Crippen LogP contribution in [0.4, 0.5) is 0 Å². The molecule has 0 spiro atoms. The minimum Gasteiger partial charge on any atom is -0.459 e. The highest BCUT2D eigenvalue weighted by Crippen LogP contribution is 2.15. The van der Waals surface area contributed by atoms with Gasteiger partial charge in [0.2, 0.25) is 0 Å². The Bertz CT molecular complexity index is 565. The van der Waals surface area contributed by atoms with Gasteiger partial charge in [0.25, 0.3) is 0 Å². The molecule has 2 fully saturated rings. The molecule has 2 aliphatic rings. The van der Waals surface area contributed by atoms with Crippen LogP contribution < -0.4 is 0 Å². The summed E-state index contributed by atoms with van der Waals surface area (Å²) in [4.78, 5) is 29.7. The van der Waals surface area contributed by atoms with Crippen molar-refractivity contribution in [2.45, 2.75) is 90.3 Å². The third kappa shape index (κ3) is 14.3. The van der Waals surface area contributed by atoms with Crippen molar-refractivity contribution in [2.24, 2.45) is 0 Å². The van der Waals surface area contributed by atoms with Crippen LogP contribution in [0.3, 0.4) is 0 Å². The Kier molecular flexibility index (Phi) is 16.7. The average molecular weight is 511 g/mol. The Balaban J connectivity index is 1.72. The van der Waals surface area contributed by atoms with Crippen molar-refractivity contribution in [3.8, 4) is 0 Å². The highest BCUT2D eigenvalue weighted by Gasteiger charge is 2.17. The van der Waals surface area contributed by atoms with Crippen LogP contribution in [0.1, 0.15) is 78.1 Å². The number of nitrogens with zero attached hydrogens (tertiary/aromatic N) is 2. The smallest absolute Gasteiger partial charge is 0.331 e. The zero-order chi connectivity index (χ0) is 25.8. The van der Waals surface area contributed by atoms with Crippen molar-refractivity contribution in [3.63, 3.8) is 0 Å². The van der Waals surface area contributed by atoms with Crippen LogP contribution in [0.15, 0.2) is 12.2 Å². The third-order valence-electron chi connectivity index (χ3n) is 6.89. The first kappa shape index (κ1) is 30.7. The van der Waals surface area contributed by atoms with Gasteiger partial charge in [0.1, 0.15) is 12.2 Å². The average Bonchev–Trinajstić information content (AvgIpc) is 2.90. The van der Waals surface area contributed by atoms with Gasteiger partial charge in [0, 0.05) is 38.3 Å². The van der Waals surface area contributed by atoms with Gasteiger partial charge >= 0.3 is 11.9 Å². The van der Waals surface area contributed by atoms with Gasteiger partial charge in [-0.25, -0.2) is 9.59 Å². The number of morpholine rings is 2. The van der Waals surface area contributed by atoms with Crippen molar-refractivity contribution in [1.29, 1.82) is 0 Å². The van der Waals surface area contributed by atoms with Gasteiger partial charge in [-0.05, 0) is 51.6 Å². The zero-order valence-electron chi connectivity index (χ0n) is 22.8. The van der Waals surface area contributed by atoms with Crippen LogP contribution in [0, 0.1) is 0 Å². The number of hydrogen-bond acceptors (Lipinski definition) is 8. The standard InChI is InChI=1S/C28H50N2O6/c1-3-5-9-25(11-7-15-29-17-21-33-22-18-29)35-27(31)13-14-28(32)36-26(10-6-4-2)12-8-16-30-19-23-34-24-20-30/h13-14,25-26H,3-12,15-24H2,1-2H3/b14-13+. The second kappa shape index (κ2) is 19.6. The lowest BCUT2D eigenvalue weighted by atomic mass is 10.1. The summed E-state index contributed by atoms with van der Waals surface area (Å²) in [5.74, 6) is -0.922. The Labute approximate surface area is 218 Å². The molecule has 0 amide bonds. The van der Waals surface area contributed by atoms with E-state index in [2.05, 4.69) is 23.6 Å². The molecular formula is C28H50N2O6. The molecule has 0 aromatic rings. The number of esters is 2. The van der Waals surface area contributed by atoms with E-state index in [0.717, 1.165) is 130 Å². The SMILES string of the molecule is CCCCC(CCCN1CCOCC1)OC(=O)/C=C/C(=O)OC(CCCC)CCCN1CCOCC1. The molecule has 8 nitrogen and oxygen atoms in total. The van der Waals surface area contributed by atoms with Crippen LogP contribution in [0.2, 0.25) is 0 Å². The van der Waals surface area contributed by atoms with Crippen molar-refractivity contribution >= 4 is 11.9 Å². The van der Waals surface area contributed by atoms with Crippen molar-refractivity contribution in [2.75, 3.05) is 65.7 Å². The molecule has 0 aromatic heterocycles. The van der Waals surface area contributed by atoms with Gasteiger partial charge < -0.3 is 18.9 Å². The predicted molar refractivity (Wildman–Crippen MR) is 141 cm³/mol. The molecule has 0 aliphatic carbocycles. The summed E-state index contributed by atoms with van der Waals surface area (Å²) in [5, 5.41) is 0. The number of carbonyl (C=O) groups excluding carboxylic acids is 2. The first-order chi connectivity index (χ1) is 17.6. The molecule has 8 heteroatoms. The van der Waals surface area contributed by atoms with E-state index in [0.29, 0.717) is 0 Å². The van der Waals surface area contributed by atoms with E-state index < -0.39 is 11.9 Å². The molecule has 0 saturated carbocycles. The molecule has 2 saturated heterocycles. The first-order valence-corrected chi connectivity index (χ1v) is 14.3. The summed E-state index contributed by atoms with van der Waals surface area (Å²) in [6.07, 6.45) is 11.7. The van der Waals surface area contributed by atoms with E-state index in [-0.39, 0.29) is 12.2 Å². The van der Waals surface area contributed by atoms with Crippen LogP contribution in [0.5, 0.6) is 0 Å². The normalized spacial score (nSPS) is 19.3. The molecule has 0 N–H and O–H groups in total. The fourth-order valence-electron chi connectivity index (χ4n) is 4.67. The van der Waals surface area contributed by atoms with E-state index in [9.17, 15) is 9.59 Å². The van der Waals surface area contributed by atoms with E-state index >= 15 is 0 Å². The van der Waals surface area contributed by atoms with Gasteiger partial charge in [-0.15, -0.1) is 0 Å². The first-order valence-electron chi connectivity index (χ1n) is 14.3. The Morgan fingerprint density at radius 1 is 0.667 bits per heavy atom. The van der Waals surface area contributed by atoms with Crippen LogP contribution in [-0.4, -0.2) is 99.6 Å². The van der Waals surface area contributed by atoms with Gasteiger partial charge in [0.05, 0.1) is 26.4 Å². The maximum absolute atomic E-state index is 12.4. The molecule has 0 bridgehead atoms. The summed E-state index contributed by atoms with van der Waals surface area (Å²) in [6, 6.07) is 0. The number of rotatable bonds is 18. The van der Waals surface area contributed by atoms with Gasteiger partial charge in [0.15, 0.2) is 0 Å². The number of hydrogen-bond donors (Lipinski definition) is 0. The summed E-state index contributed by atoms with van der Waals surface area (Å²) < 4.78 is 22.2. The van der Waals surface area contributed by atoms with Crippen LogP contribution >= 0.6 is 0 Å². The minimum atomic E-state index is -0.461. The van der Waals surface area contributed by atoms with Crippen molar-refractivity contribution in [3.05, 3.63) is 12.2 Å². The largest absolute Gasteiger partial charge is 0.459 e. The molecule has 2 aliphatic heterocycles. The topological polar surface area (TPSA) is 77.5 Å². The number of ether oxygens (including phenoxy) is 4. The van der Waals surface area contributed by atoms with Crippen molar-refractivity contribution < 1.29 is 28.5 Å². The molecule has 2 unspecified atom stereocenters. The maximum Gasteiger partial charge on any atom is 0.331 e. The quantitative estimate of drug-likeness (QED) is 0.203. The van der Waals surface area contributed by atoms with E-state index in [1.807, 2.05) is 0 Å². The summed E-state index contributed by atoms with van der Waals surface area (Å²) in [6.45, 7) is 13.3. The summed E-state index contributed by atoms with van der Waals surface area (Å²) in [5.41, 5.74) is 0. The fraction of sp³-hybridized carbons (Fsp3) is 0.857. The highest BCUT2D eigenvalue weighted by molar-refractivity contribution is 5.91. The Hall–Kier alpha value is -1.48. The molecule has 0 radical (unpaired) electrons. The number of unbranched alkanes of at least 4 members (excludes halogenated alkanes) is 2. The molecule has 36 heavy (non-hydrogen) atoms. The molecule has 208 valence electrons. The minimum absolute atomic E-state index is 0.114. The molecule has 2 atom stereocenters. The zero-order valence-corrected chi connectivity index (χ0v) is 22.8. The van der Waals surface area contributed by atoms with E-state index in [4.69, 9.17) is 18.9 Å². The lowest BCUT2D eigenvalue weighted by Gasteiger charge is -2.27. The lowest BCUT2D eigenvalue weighted by Crippen LogP contribution is -2.37. The fourth-order valence-corrected chi connectivity index (χ4v) is 4.67. The lowest BCUT2D eigenvalue weighted by molar-refractivity contribution is -0.146. The summed E-state index contributed by atoms with van der Waals surface area (Å²) >= 11 is 0. The number of carbonyl (C=O) groups is 2. The second-order valence-electron chi connectivity index (χ2n) is 9.93. The molecule has 0 aromatic carbocycles. The molecule has 2 heterocycles. The van der Waals surface area contributed by atoms with E-state index in [1.54, 1.807) is 0 Å². The highest BCUT2D eigenvalue weighted by atomic mass is 16.5. The molecular weight excluding hydrogens is 460 g/mol. The maximum atomic E-state index is 12.4. The van der Waals surface area contributed by atoms with Gasteiger partial charge in [-0.2, -0.15) is 0 Å². The van der Waals surface area contributed by atoms with Crippen LogP contribution in [0.25, 0.3) is 0 Å². The third-order valence-corrected chi connectivity index (χ3v) is 6.89. The van der Waals surface area contributed by atoms with Crippen LogP contribution in [-0.2, 0) is 28.5 Å².